The van der Waals surface area contributed by atoms with E-state index in [4.69, 9.17) is 4.74 Å². The molecule has 2 aromatic carbocycles. The molecule has 0 spiro atoms. The van der Waals surface area contributed by atoms with Crippen LogP contribution in [0.3, 0.4) is 0 Å². The van der Waals surface area contributed by atoms with E-state index in [0.29, 0.717) is 22.9 Å². The fourth-order valence-electron chi connectivity index (χ4n) is 3.90. The number of fused-ring (bicyclic) bond motifs is 1. The van der Waals surface area contributed by atoms with Gasteiger partial charge in [-0.15, -0.1) is 11.3 Å². The molecule has 4 rings (SSSR count). The number of hydrogen-bond acceptors (Lipinski definition) is 5. The molecule has 0 aliphatic carbocycles. The highest BCUT2D eigenvalue weighted by atomic mass is 32.1. The molecular weight excluding hydrogens is 410 g/mol. The molecule has 7 heteroatoms. The third-order valence-corrected chi connectivity index (χ3v) is 6.14. The molecule has 0 unspecified atom stereocenters. The Morgan fingerprint density at radius 3 is 2.87 bits per heavy atom. The van der Waals surface area contributed by atoms with E-state index in [1.807, 2.05) is 29.3 Å². The van der Waals surface area contributed by atoms with Crippen molar-refractivity contribution in [1.82, 2.24) is 4.98 Å². The summed E-state index contributed by atoms with van der Waals surface area (Å²) in [5.74, 6) is 0.580. The average Bonchev–Trinajstić information content (AvgIpc) is 3.36. The summed E-state index contributed by atoms with van der Waals surface area (Å²) in [7, 11) is 1.57. The van der Waals surface area contributed by atoms with E-state index in [2.05, 4.69) is 23.3 Å². The first-order chi connectivity index (χ1) is 15.0. The number of carbonyl (C=O) groups is 2. The van der Waals surface area contributed by atoms with Gasteiger partial charge in [0.25, 0.3) is 5.91 Å². The van der Waals surface area contributed by atoms with E-state index >= 15 is 0 Å². The van der Waals surface area contributed by atoms with Gasteiger partial charge < -0.3 is 9.64 Å². The van der Waals surface area contributed by atoms with Crippen LogP contribution in [-0.4, -0.2) is 29.9 Å². The number of amides is 2. The normalized spacial score (nSPS) is 14.9. The number of thiazole rings is 1. The first kappa shape index (κ1) is 21.1. The van der Waals surface area contributed by atoms with Crippen molar-refractivity contribution in [2.45, 2.75) is 39.2 Å². The van der Waals surface area contributed by atoms with Crippen LogP contribution in [0.4, 0.5) is 10.8 Å². The predicted molar refractivity (Wildman–Crippen MR) is 124 cm³/mol. The minimum absolute atomic E-state index is 0.164. The minimum atomic E-state index is -0.229. The lowest BCUT2D eigenvalue weighted by Gasteiger charge is -2.22. The molecule has 1 aliphatic rings. The fraction of sp³-hybridized carbons (Fsp3) is 0.292. The standard InChI is InChI=1S/C24H25N3O3S/c1-4-6-22(28)27-15(2)11-18-12-16(9-10-21(18)27)20-14-31-24(25-20)26-23(29)17-7-5-8-19(13-17)30-3/h5,7-10,12-15H,4,6,11H2,1-3H3,(H,25,26,29)/t15-/m1/s1. The van der Waals surface area contributed by atoms with Gasteiger partial charge in [0.1, 0.15) is 5.75 Å². The van der Waals surface area contributed by atoms with Crippen LogP contribution in [0, 0.1) is 0 Å². The van der Waals surface area contributed by atoms with Crippen molar-refractivity contribution in [2.24, 2.45) is 0 Å². The number of nitrogens with one attached hydrogen (secondary N) is 1. The quantitative estimate of drug-likeness (QED) is 0.581. The van der Waals surface area contributed by atoms with Gasteiger partial charge in [-0.3, -0.25) is 14.9 Å². The van der Waals surface area contributed by atoms with Crippen LogP contribution in [0.15, 0.2) is 47.8 Å². The lowest BCUT2D eigenvalue weighted by molar-refractivity contribution is -0.118. The van der Waals surface area contributed by atoms with E-state index < -0.39 is 0 Å². The van der Waals surface area contributed by atoms with Gasteiger partial charge >= 0.3 is 0 Å². The highest BCUT2D eigenvalue weighted by molar-refractivity contribution is 7.14. The van der Waals surface area contributed by atoms with Crippen LogP contribution in [0.2, 0.25) is 0 Å². The summed E-state index contributed by atoms with van der Waals surface area (Å²) in [6.45, 7) is 4.11. The van der Waals surface area contributed by atoms with Gasteiger partial charge in [-0.2, -0.15) is 0 Å². The maximum atomic E-state index is 12.5. The summed E-state index contributed by atoms with van der Waals surface area (Å²) in [4.78, 5) is 31.5. The number of rotatable bonds is 6. The second kappa shape index (κ2) is 8.89. The Bertz CT molecular complexity index is 1120. The second-order valence-corrected chi connectivity index (χ2v) is 8.49. The number of nitrogens with zero attached hydrogens (tertiary/aromatic N) is 2. The number of hydrogen-bond donors (Lipinski definition) is 1. The topological polar surface area (TPSA) is 71.5 Å². The average molecular weight is 436 g/mol. The molecule has 6 nitrogen and oxygen atoms in total. The Morgan fingerprint density at radius 2 is 2.10 bits per heavy atom. The van der Waals surface area contributed by atoms with Crippen molar-refractivity contribution in [2.75, 3.05) is 17.3 Å². The highest BCUT2D eigenvalue weighted by Crippen LogP contribution is 2.36. The van der Waals surface area contributed by atoms with Crippen molar-refractivity contribution in [1.29, 1.82) is 0 Å². The zero-order valence-electron chi connectivity index (χ0n) is 17.8. The van der Waals surface area contributed by atoms with Crippen molar-refractivity contribution in [3.8, 4) is 17.0 Å². The Labute approximate surface area is 185 Å². The molecule has 1 N–H and O–H groups in total. The van der Waals surface area contributed by atoms with E-state index in [1.54, 1.807) is 31.4 Å². The Hall–Kier alpha value is -3.19. The van der Waals surface area contributed by atoms with Crippen LogP contribution in [-0.2, 0) is 11.2 Å². The van der Waals surface area contributed by atoms with E-state index in [-0.39, 0.29) is 17.9 Å². The van der Waals surface area contributed by atoms with Gasteiger partial charge in [-0.05, 0) is 55.7 Å². The monoisotopic (exact) mass is 435 g/mol. The first-order valence-corrected chi connectivity index (χ1v) is 11.2. The van der Waals surface area contributed by atoms with Gasteiger partial charge in [-0.25, -0.2) is 4.98 Å². The molecule has 160 valence electrons. The van der Waals surface area contributed by atoms with Crippen LogP contribution >= 0.6 is 11.3 Å². The fourth-order valence-corrected chi connectivity index (χ4v) is 4.62. The molecule has 1 aromatic heterocycles. The molecule has 0 saturated carbocycles. The number of anilines is 2. The van der Waals surface area contributed by atoms with Crippen LogP contribution in [0.1, 0.15) is 42.6 Å². The predicted octanol–water partition coefficient (Wildman–Crippen LogP) is 5.15. The van der Waals surface area contributed by atoms with E-state index in [9.17, 15) is 9.59 Å². The molecular formula is C24H25N3O3S. The lowest BCUT2D eigenvalue weighted by Crippen LogP contribution is -2.35. The van der Waals surface area contributed by atoms with Crippen molar-refractivity contribution in [3.05, 3.63) is 59.0 Å². The maximum absolute atomic E-state index is 12.5. The molecule has 1 aliphatic heterocycles. The number of carbonyl (C=O) groups excluding carboxylic acids is 2. The van der Waals surface area contributed by atoms with Crippen LogP contribution < -0.4 is 15.0 Å². The van der Waals surface area contributed by atoms with Gasteiger partial charge in [0.2, 0.25) is 5.91 Å². The molecule has 0 fully saturated rings. The number of ether oxygens (including phenoxy) is 1. The third kappa shape index (κ3) is 4.32. The molecule has 0 saturated heterocycles. The Balaban J connectivity index is 1.51. The van der Waals surface area contributed by atoms with Crippen LogP contribution in [0.5, 0.6) is 5.75 Å². The molecule has 31 heavy (non-hydrogen) atoms. The molecule has 1 atom stereocenters. The minimum Gasteiger partial charge on any atom is -0.497 e. The molecule has 3 aromatic rings. The number of aromatic nitrogens is 1. The Kier molecular flexibility index (Phi) is 6.04. The van der Waals surface area contributed by atoms with Gasteiger partial charge in [0.15, 0.2) is 5.13 Å². The first-order valence-electron chi connectivity index (χ1n) is 10.4. The zero-order valence-corrected chi connectivity index (χ0v) is 18.7. The van der Waals surface area contributed by atoms with E-state index in [1.165, 1.54) is 11.3 Å². The number of methoxy groups -OCH3 is 1. The summed E-state index contributed by atoms with van der Waals surface area (Å²) >= 11 is 1.38. The van der Waals surface area contributed by atoms with Gasteiger partial charge in [-0.1, -0.05) is 19.1 Å². The van der Waals surface area contributed by atoms with Crippen molar-refractivity contribution >= 4 is 34.0 Å². The molecule has 2 heterocycles. The van der Waals surface area contributed by atoms with Crippen molar-refractivity contribution in [3.63, 3.8) is 0 Å². The molecule has 0 bridgehead atoms. The largest absolute Gasteiger partial charge is 0.497 e. The molecule has 0 radical (unpaired) electrons. The zero-order chi connectivity index (χ0) is 22.0. The summed E-state index contributed by atoms with van der Waals surface area (Å²) in [5.41, 5.74) is 4.45. The maximum Gasteiger partial charge on any atom is 0.257 e. The summed E-state index contributed by atoms with van der Waals surface area (Å²) in [6, 6.07) is 13.3. The third-order valence-electron chi connectivity index (χ3n) is 5.38. The van der Waals surface area contributed by atoms with Crippen molar-refractivity contribution < 1.29 is 14.3 Å². The Morgan fingerprint density at radius 1 is 1.26 bits per heavy atom. The second-order valence-electron chi connectivity index (χ2n) is 7.63. The number of benzene rings is 2. The lowest BCUT2D eigenvalue weighted by atomic mass is 10.1. The van der Waals surface area contributed by atoms with E-state index in [0.717, 1.165) is 35.3 Å². The van der Waals surface area contributed by atoms with Gasteiger partial charge in [0.05, 0.1) is 12.8 Å². The summed E-state index contributed by atoms with van der Waals surface area (Å²) in [5, 5.41) is 5.33. The van der Waals surface area contributed by atoms with Crippen LogP contribution in [0.25, 0.3) is 11.3 Å². The smallest absolute Gasteiger partial charge is 0.257 e. The molecule has 2 amide bonds. The summed E-state index contributed by atoms with van der Waals surface area (Å²) in [6.07, 6.45) is 2.24. The SMILES string of the molecule is CCCC(=O)N1c2ccc(-c3csc(NC(=O)c4cccc(OC)c4)n3)cc2C[C@H]1C. The summed E-state index contributed by atoms with van der Waals surface area (Å²) < 4.78 is 5.18. The van der Waals surface area contributed by atoms with Gasteiger partial charge in [0, 0.05) is 34.7 Å². The highest BCUT2D eigenvalue weighted by Gasteiger charge is 2.30.